The van der Waals surface area contributed by atoms with E-state index in [4.69, 9.17) is 4.52 Å². The predicted molar refractivity (Wildman–Crippen MR) is 140 cm³/mol. The number of nitrogens with zero attached hydrogens (tertiary/aromatic N) is 3. The number of hydrogen-bond acceptors (Lipinski definition) is 5. The molecule has 1 atom stereocenters. The Hall–Kier alpha value is -3.23. The molecule has 188 valence electrons. The third kappa shape index (κ3) is 4.51. The molecule has 0 aliphatic carbocycles. The van der Waals surface area contributed by atoms with Crippen LogP contribution in [-0.4, -0.2) is 42.9 Å². The molecule has 1 aromatic heterocycles. The number of amides is 1. The average Bonchev–Trinajstić information content (AvgIpc) is 3.42. The fourth-order valence-electron chi connectivity index (χ4n) is 5.22. The Balaban J connectivity index is 1.30. The van der Waals surface area contributed by atoms with Crippen LogP contribution in [0.1, 0.15) is 47.9 Å². The molecule has 2 aliphatic rings. The molecule has 1 fully saturated rings. The SMILES string of the molecule is Cc1ccc(/C=C/c2onc(C)c2S(=O)(=O)N2CCC(C(=O)N3c4ccccc4C[C@@H]3C)CC2)cc1. The van der Waals surface area contributed by atoms with Crippen molar-refractivity contribution in [3.8, 4) is 0 Å². The lowest BCUT2D eigenvalue weighted by molar-refractivity contribution is -0.123. The largest absolute Gasteiger partial charge is 0.355 e. The zero-order chi connectivity index (χ0) is 25.4. The summed E-state index contributed by atoms with van der Waals surface area (Å²) in [5.74, 6) is 0.107. The minimum Gasteiger partial charge on any atom is -0.355 e. The number of aromatic nitrogens is 1. The summed E-state index contributed by atoms with van der Waals surface area (Å²) in [6.07, 6.45) is 5.30. The summed E-state index contributed by atoms with van der Waals surface area (Å²) >= 11 is 0. The Morgan fingerprint density at radius 1 is 1.03 bits per heavy atom. The molecule has 2 aromatic carbocycles. The maximum absolute atomic E-state index is 13.6. The lowest BCUT2D eigenvalue weighted by atomic mass is 9.96. The quantitative estimate of drug-likeness (QED) is 0.495. The van der Waals surface area contributed by atoms with E-state index in [0.29, 0.717) is 18.5 Å². The first kappa shape index (κ1) is 24.5. The summed E-state index contributed by atoms with van der Waals surface area (Å²) in [5.41, 5.74) is 4.59. The van der Waals surface area contributed by atoms with E-state index in [2.05, 4.69) is 18.1 Å². The number of fused-ring (bicyclic) bond motifs is 1. The van der Waals surface area contributed by atoms with Crippen molar-refractivity contribution in [2.45, 2.75) is 51.0 Å². The third-order valence-electron chi connectivity index (χ3n) is 7.18. The van der Waals surface area contributed by atoms with Crippen LogP contribution in [0.25, 0.3) is 12.2 Å². The van der Waals surface area contributed by atoms with Gasteiger partial charge in [-0.1, -0.05) is 59.3 Å². The van der Waals surface area contributed by atoms with Crippen molar-refractivity contribution >= 4 is 33.8 Å². The highest BCUT2D eigenvalue weighted by atomic mass is 32.2. The van der Waals surface area contributed by atoms with Crippen molar-refractivity contribution in [3.05, 3.63) is 76.7 Å². The van der Waals surface area contributed by atoms with Crippen molar-refractivity contribution in [3.63, 3.8) is 0 Å². The van der Waals surface area contributed by atoms with Crippen LogP contribution in [0.5, 0.6) is 0 Å². The lowest BCUT2D eigenvalue weighted by Crippen LogP contribution is -2.46. The van der Waals surface area contributed by atoms with Gasteiger partial charge in [-0.3, -0.25) is 4.79 Å². The van der Waals surface area contributed by atoms with Crippen LogP contribution >= 0.6 is 0 Å². The molecule has 1 saturated heterocycles. The van der Waals surface area contributed by atoms with Crippen LogP contribution in [0, 0.1) is 19.8 Å². The zero-order valence-electron chi connectivity index (χ0n) is 20.8. The second-order valence-corrected chi connectivity index (χ2v) is 11.6. The first-order chi connectivity index (χ1) is 17.3. The number of carbonyl (C=O) groups is 1. The molecule has 0 unspecified atom stereocenters. The van der Waals surface area contributed by atoms with E-state index in [1.807, 2.05) is 60.4 Å². The van der Waals surface area contributed by atoms with Gasteiger partial charge in [0, 0.05) is 30.7 Å². The van der Waals surface area contributed by atoms with Gasteiger partial charge in [0.15, 0.2) is 10.7 Å². The number of para-hydroxylation sites is 1. The molecule has 36 heavy (non-hydrogen) atoms. The second kappa shape index (κ2) is 9.67. The Morgan fingerprint density at radius 3 is 2.44 bits per heavy atom. The Kier molecular flexibility index (Phi) is 6.57. The van der Waals surface area contributed by atoms with Gasteiger partial charge in [0.1, 0.15) is 5.69 Å². The smallest absolute Gasteiger partial charge is 0.248 e. The number of rotatable bonds is 5. The molecule has 8 heteroatoms. The normalized spacial score (nSPS) is 19.2. The summed E-state index contributed by atoms with van der Waals surface area (Å²) in [4.78, 5) is 15.4. The van der Waals surface area contributed by atoms with Crippen molar-refractivity contribution in [2.24, 2.45) is 5.92 Å². The highest BCUT2D eigenvalue weighted by Gasteiger charge is 2.39. The summed E-state index contributed by atoms with van der Waals surface area (Å²) in [6, 6.07) is 16.1. The van der Waals surface area contributed by atoms with E-state index in [0.717, 1.165) is 23.2 Å². The van der Waals surface area contributed by atoms with Gasteiger partial charge in [0.2, 0.25) is 15.9 Å². The summed E-state index contributed by atoms with van der Waals surface area (Å²) in [6.45, 7) is 6.29. The molecule has 1 amide bonds. The number of benzene rings is 2. The van der Waals surface area contributed by atoms with Crippen LogP contribution in [0.3, 0.4) is 0 Å². The van der Waals surface area contributed by atoms with Crippen molar-refractivity contribution in [1.29, 1.82) is 0 Å². The molecule has 0 spiro atoms. The van der Waals surface area contributed by atoms with Crippen LogP contribution in [0.2, 0.25) is 0 Å². The van der Waals surface area contributed by atoms with E-state index in [1.54, 1.807) is 13.0 Å². The average molecular weight is 506 g/mol. The molecule has 0 N–H and O–H groups in total. The highest BCUT2D eigenvalue weighted by molar-refractivity contribution is 7.89. The first-order valence-corrected chi connectivity index (χ1v) is 13.8. The fraction of sp³-hybridized carbons (Fsp3) is 0.357. The molecule has 0 saturated carbocycles. The van der Waals surface area contributed by atoms with Crippen molar-refractivity contribution in [2.75, 3.05) is 18.0 Å². The van der Waals surface area contributed by atoms with Gasteiger partial charge in [-0.25, -0.2) is 8.42 Å². The summed E-state index contributed by atoms with van der Waals surface area (Å²) in [7, 11) is -3.82. The van der Waals surface area contributed by atoms with Gasteiger partial charge in [0.25, 0.3) is 0 Å². The molecule has 2 aliphatic heterocycles. The van der Waals surface area contributed by atoms with Gasteiger partial charge in [0.05, 0.1) is 0 Å². The van der Waals surface area contributed by atoms with Gasteiger partial charge in [-0.15, -0.1) is 0 Å². The summed E-state index contributed by atoms with van der Waals surface area (Å²) in [5, 5.41) is 3.94. The van der Waals surface area contributed by atoms with Crippen LogP contribution in [-0.2, 0) is 21.2 Å². The number of hydrogen-bond donors (Lipinski definition) is 0. The van der Waals surface area contributed by atoms with Crippen molar-refractivity contribution in [1.82, 2.24) is 9.46 Å². The van der Waals surface area contributed by atoms with E-state index in [-0.39, 0.29) is 41.6 Å². The standard InChI is InChI=1S/C28H31N3O4S/c1-19-8-10-22(11-9-19)12-13-26-27(21(3)29-35-26)36(33,34)30-16-14-23(15-17-30)28(32)31-20(2)18-24-6-4-5-7-25(24)31/h4-13,20,23H,14-18H2,1-3H3/b13-12+/t20-/m0/s1. The number of piperidine rings is 1. The maximum Gasteiger partial charge on any atom is 0.248 e. The molecule has 7 nitrogen and oxygen atoms in total. The minimum atomic E-state index is -3.82. The van der Waals surface area contributed by atoms with Gasteiger partial charge >= 0.3 is 0 Å². The number of anilines is 1. The number of carbonyl (C=O) groups excluding carboxylic acids is 1. The van der Waals surface area contributed by atoms with Gasteiger partial charge in [-0.2, -0.15) is 4.31 Å². The van der Waals surface area contributed by atoms with Crippen LogP contribution in [0.15, 0.2) is 57.9 Å². The molecule has 3 aromatic rings. The molecule has 5 rings (SSSR count). The fourth-order valence-corrected chi connectivity index (χ4v) is 6.94. The molecule has 0 radical (unpaired) electrons. The first-order valence-electron chi connectivity index (χ1n) is 12.4. The monoisotopic (exact) mass is 505 g/mol. The number of aryl methyl sites for hydroxylation is 2. The van der Waals surface area contributed by atoms with E-state index < -0.39 is 10.0 Å². The number of sulfonamides is 1. The molecule has 3 heterocycles. The molecular formula is C28H31N3O4S. The zero-order valence-corrected chi connectivity index (χ0v) is 21.7. The van der Waals surface area contributed by atoms with E-state index in [1.165, 1.54) is 9.87 Å². The third-order valence-corrected chi connectivity index (χ3v) is 9.24. The Labute approximate surface area is 212 Å². The van der Waals surface area contributed by atoms with E-state index in [9.17, 15) is 13.2 Å². The molecular weight excluding hydrogens is 474 g/mol. The predicted octanol–water partition coefficient (Wildman–Crippen LogP) is 4.84. The highest BCUT2D eigenvalue weighted by Crippen LogP contribution is 2.35. The Morgan fingerprint density at radius 2 is 1.72 bits per heavy atom. The minimum absolute atomic E-state index is 0.0902. The lowest BCUT2D eigenvalue weighted by Gasteiger charge is -2.34. The van der Waals surface area contributed by atoms with Crippen LogP contribution in [0.4, 0.5) is 5.69 Å². The topological polar surface area (TPSA) is 83.7 Å². The van der Waals surface area contributed by atoms with Gasteiger partial charge < -0.3 is 9.42 Å². The molecule has 0 bridgehead atoms. The summed E-state index contributed by atoms with van der Waals surface area (Å²) < 4.78 is 34.0. The van der Waals surface area contributed by atoms with Crippen molar-refractivity contribution < 1.29 is 17.7 Å². The Bertz CT molecular complexity index is 1400. The van der Waals surface area contributed by atoms with E-state index >= 15 is 0 Å². The van der Waals surface area contributed by atoms with Gasteiger partial charge in [-0.05, 0) is 63.3 Å². The second-order valence-electron chi connectivity index (χ2n) is 9.77. The maximum atomic E-state index is 13.6. The van der Waals surface area contributed by atoms with Crippen LogP contribution < -0.4 is 4.90 Å².